The quantitative estimate of drug-likeness (QED) is 0.846. The molecule has 0 spiro atoms. The van der Waals surface area contributed by atoms with Crippen LogP contribution in [0.25, 0.3) is 0 Å². The van der Waals surface area contributed by atoms with Crippen LogP contribution in [-0.4, -0.2) is 44.6 Å². The van der Waals surface area contributed by atoms with E-state index in [1.165, 1.54) is 18.7 Å². The second-order valence-corrected chi connectivity index (χ2v) is 6.59. The zero-order valence-electron chi connectivity index (χ0n) is 14.8. The molecule has 1 fully saturated rings. The van der Waals surface area contributed by atoms with E-state index < -0.39 is 0 Å². The Morgan fingerprint density at radius 3 is 2.92 bits per heavy atom. The smallest absolute Gasteiger partial charge is 0.147 e. The summed E-state index contributed by atoms with van der Waals surface area (Å²) >= 11 is 0. The summed E-state index contributed by atoms with van der Waals surface area (Å²) < 4.78 is 2.28. The Morgan fingerprint density at radius 1 is 1.21 bits per heavy atom. The minimum absolute atomic E-state index is 0.636. The van der Waals surface area contributed by atoms with Gasteiger partial charge in [-0.15, -0.1) is 0 Å². The number of hydrogen-bond donors (Lipinski definition) is 1. The summed E-state index contributed by atoms with van der Waals surface area (Å²) in [4.78, 5) is 16.0. The molecule has 0 bridgehead atoms. The maximum Gasteiger partial charge on any atom is 0.147 e. The van der Waals surface area contributed by atoms with Crippen LogP contribution < -0.4 is 5.32 Å². The Labute approximate surface area is 144 Å². The van der Waals surface area contributed by atoms with Gasteiger partial charge in [0.05, 0.1) is 12.2 Å². The molecule has 3 heterocycles. The summed E-state index contributed by atoms with van der Waals surface area (Å²) in [6.45, 7) is 6.48. The molecule has 2 aromatic rings. The van der Waals surface area contributed by atoms with E-state index in [2.05, 4.69) is 42.9 Å². The van der Waals surface area contributed by atoms with Gasteiger partial charge in [0.25, 0.3) is 0 Å². The second-order valence-electron chi connectivity index (χ2n) is 6.59. The lowest BCUT2D eigenvalue weighted by molar-refractivity contribution is 0.161. The molecule has 130 valence electrons. The molecule has 1 atom stereocenters. The van der Waals surface area contributed by atoms with Gasteiger partial charge >= 0.3 is 0 Å². The third-order valence-electron chi connectivity index (χ3n) is 4.73. The average Bonchev–Trinajstić information content (AvgIpc) is 3.03. The van der Waals surface area contributed by atoms with Crippen molar-refractivity contribution in [2.75, 3.05) is 25.5 Å². The maximum atomic E-state index is 4.55. The first-order valence-corrected chi connectivity index (χ1v) is 9.00. The van der Waals surface area contributed by atoms with E-state index in [0.717, 1.165) is 50.5 Å². The molecule has 1 unspecified atom stereocenters. The number of nitrogens with zero attached hydrogens (tertiary/aromatic N) is 5. The summed E-state index contributed by atoms with van der Waals surface area (Å²) in [6.07, 6.45) is 12.2. The third-order valence-corrected chi connectivity index (χ3v) is 4.73. The highest BCUT2D eigenvalue weighted by atomic mass is 15.2. The molecule has 0 saturated carbocycles. The normalized spacial score (nSPS) is 18.7. The highest BCUT2D eigenvalue weighted by Crippen LogP contribution is 2.23. The number of piperidine rings is 1. The molecule has 0 radical (unpaired) electrons. The molecular weight excluding hydrogens is 300 g/mol. The number of hydrogen-bond acceptors (Lipinski definition) is 5. The summed E-state index contributed by atoms with van der Waals surface area (Å²) in [5, 5.41) is 3.15. The molecule has 0 aliphatic carbocycles. The van der Waals surface area contributed by atoms with Crippen LogP contribution in [0.3, 0.4) is 0 Å². The van der Waals surface area contributed by atoms with Crippen molar-refractivity contribution in [3.63, 3.8) is 0 Å². The topological polar surface area (TPSA) is 58.9 Å². The van der Waals surface area contributed by atoms with Crippen molar-refractivity contribution < 1.29 is 0 Å². The Hall–Kier alpha value is -1.95. The van der Waals surface area contributed by atoms with Crippen molar-refractivity contribution in [3.8, 4) is 0 Å². The van der Waals surface area contributed by atoms with Crippen molar-refractivity contribution in [3.05, 3.63) is 36.3 Å². The van der Waals surface area contributed by atoms with Crippen LogP contribution in [0.4, 0.5) is 5.82 Å². The Morgan fingerprint density at radius 2 is 2.08 bits per heavy atom. The van der Waals surface area contributed by atoms with Gasteiger partial charge in [0.15, 0.2) is 0 Å². The Bertz CT molecular complexity index is 638. The summed E-state index contributed by atoms with van der Waals surface area (Å²) in [7, 11) is 1.91. The summed E-state index contributed by atoms with van der Waals surface area (Å²) in [6, 6.07) is 0. The number of rotatable bonds is 7. The highest BCUT2D eigenvalue weighted by molar-refractivity contribution is 5.38. The van der Waals surface area contributed by atoms with E-state index in [1.807, 2.05) is 13.2 Å². The van der Waals surface area contributed by atoms with E-state index in [1.54, 1.807) is 12.4 Å². The van der Waals surface area contributed by atoms with Crippen molar-refractivity contribution >= 4 is 5.82 Å². The fourth-order valence-corrected chi connectivity index (χ4v) is 3.60. The molecule has 2 aromatic heterocycles. The third kappa shape index (κ3) is 4.12. The fraction of sp³-hybridized carbons (Fsp3) is 0.611. The molecule has 24 heavy (non-hydrogen) atoms. The molecule has 1 saturated heterocycles. The second kappa shape index (κ2) is 8.24. The molecule has 1 aliphatic rings. The largest absolute Gasteiger partial charge is 0.372 e. The predicted molar refractivity (Wildman–Crippen MR) is 95.8 cm³/mol. The molecule has 1 N–H and O–H groups in total. The number of nitrogens with one attached hydrogen (secondary N) is 1. The van der Waals surface area contributed by atoms with Crippen LogP contribution in [0.2, 0.25) is 0 Å². The fourth-order valence-electron chi connectivity index (χ4n) is 3.60. The summed E-state index contributed by atoms with van der Waals surface area (Å²) in [5.74, 6) is 2.73. The van der Waals surface area contributed by atoms with Crippen molar-refractivity contribution in [2.45, 2.75) is 45.7 Å². The minimum Gasteiger partial charge on any atom is -0.372 e. The van der Waals surface area contributed by atoms with Gasteiger partial charge in [0.2, 0.25) is 0 Å². The van der Waals surface area contributed by atoms with Gasteiger partial charge < -0.3 is 9.88 Å². The van der Waals surface area contributed by atoms with Crippen molar-refractivity contribution in [2.24, 2.45) is 5.92 Å². The predicted octanol–water partition coefficient (Wildman–Crippen LogP) is 2.58. The Kier molecular flexibility index (Phi) is 5.80. The van der Waals surface area contributed by atoms with Gasteiger partial charge in [-0.1, -0.05) is 6.92 Å². The molecular formula is C18H28N6. The zero-order chi connectivity index (χ0) is 16.8. The van der Waals surface area contributed by atoms with E-state index >= 15 is 0 Å². The number of aromatic nitrogens is 4. The monoisotopic (exact) mass is 328 g/mol. The molecule has 1 aliphatic heterocycles. The van der Waals surface area contributed by atoms with Crippen LogP contribution in [-0.2, 0) is 19.5 Å². The zero-order valence-corrected chi connectivity index (χ0v) is 14.8. The molecule has 3 rings (SSSR count). The van der Waals surface area contributed by atoms with E-state index in [4.69, 9.17) is 0 Å². The lowest BCUT2D eigenvalue weighted by atomic mass is 9.93. The van der Waals surface area contributed by atoms with Gasteiger partial charge in [-0.2, -0.15) is 0 Å². The van der Waals surface area contributed by atoms with Crippen LogP contribution in [0, 0.1) is 5.92 Å². The molecule has 6 heteroatoms. The van der Waals surface area contributed by atoms with E-state index in [0.29, 0.717) is 5.92 Å². The SMILES string of the molecule is CCCn1ccnc1CN1CCCC(Cc2nccnc2NC)C1. The number of aryl methyl sites for hydroxylation is 1. The van der Waals surface area contributed by atoms with Crippen LogP contribution in [0.5, 0.6) is 0 Å². The first-order valence-electron chi connectivity index (χ1n) is 9.00. The molecule has 0 aromatic carbocycles. The van der Waals surface area contributed by atoms with Gasteiger partial charge in [-0.05, 0) is 38.1 Å². The van der Waals surface area contributed by atoms with E-state index in [-0.39, 0.29) is 0 Å². The van der Waals surface area contributed by atoms with E-state index in [9.17, 15) is 0 Å². The molecule has 6 nitrogen and oxygen atoms in total. The van der Waals surface area contributed by atoms with Gasteiger partial charge in [-0.3, -0.25) is 9.88 Å². The van der Waals surface area contributed by atoms with Crippen LogP contribution >= 0.6 is 0 Å². The molecule has 0 amide bonds. The Balaban J connectivity index is 1.61. The van der Waals surface area contributed by atoms with Crippen LogP contribution in [0.15, 0.2) is 24.8 Å². The van der Waals surface area contributed by atoms with Gasteiger partial charge in [0, 0.05) is 44.9 Å². The minimum atomic E-state index is 0.636. The standard InChI is InChI=1S/C18H28N6/c1-3-9-24-11-8-21-17(24)14-23-10-4-5-15(13-23)12-16-18(19-2)22-7-6-20-16/h6-8,11,15H,3-5,9-10,12-14H2,1-2H3,(H,19,22). The lowest BCUT2D eigenvalue weighted by Crippen LogP contribution is -2.36. The van der Waals surface area contributed by atoms with Crippen molar-refractivity contribution in [1.82, 2.24) is 24.4 Å². The number of likely N-dealkylation sites (tertiary alicyclic amines) is 1. The number of anilines is 1. The lowest BCUT2D eigenvalue weighted by Gasteiger charge is -2.32. The van der Waals surface area contributed by atoms with Crippen LogP contribution in [0.1, 0.15) is 37.7 Å². The first kappa shape index (κ1) is 16.9. The summed E-state index contributed by atoms with van der Waals surface area (Å²) in [5.41, 5.74) is 1.08. The maximum absolute atomic E-state index is 4.55. The number of imidazole rings is 1. The van der Waals surface area contributed by atoms with Gasteiger partial charge in [-0.25, -0.2) is 9.97 Å². The van der Waals surface area contributed by atoms with Crippen molar-refractivity contribution in [1.29, 1.82) is 0 Å². The van der Waals surface area contributed by atoms with Gasteiger partial charge in [0.1, 0.15) is 11.6 Å². The highest BCUT2D eigenvalue weighted by Gasteiger charge is 2.22. The first-order chi connectivity index (χ1) is 11.8. The average molecular weight is 328 g/mol.